The van der Waals surface area contributed by atoms with Gasteiger partial charge in [-0.3, -0.25) is 9.69 Å². The van der Waals surface area contributed by atoms with Crippen molar-refractivity contribution >= 4 is 17.4 Å². The average molecular weight is 359 g/mol. The third kappa shape index (κ3) is 3.20. The molecule has 4 rings (SSSR count). The van der Waals surface area contributed by atoms with E-state index in [4.69, 9.17) is 9.72 Å². The van der Waals surface area contributed by atoms with Crippen molar-refractivity contribution in [3.63, 3.8) is 0 Å². The topological polar surface area (TPSA) is 52.2 Å². The summed E-state index contributed by atoms with van der Waals surface area (Å²) in [5.74, 6) is 2.03. The molecule has 2 saturated heterocycles. The lowest BCUT2D eigenvalue weighted by Gasteiger charge is -2.46. The van der Waals surface area contributed by atoms with E-state index < -0.39 is 0 Å². The predicted octanol–water partition coefficient (Wildman–Crippen LogP) is 1.04. The van der Waals surface area contributed by atoms with Gasteiger partial charge in [0.25, 0.3) is 0 Å². The van der Waals surface area contributed by atoms with Crippen LogP contribution in [0.2, 0.25) is 0 Å². The minimum Gasteiger partial charge on any atom is -0.487 e. The van der Waals surface area contributed by atoms with E-state index in [1.165, 1.54) is 0 Å². The Morgan fingerprint density at radius 3 is 2.65 bits per heavy atom. The number of carbonyl (C=O) groups excluding carboxylic acids is 1. The molecule has 1 amide bonds. The third-order valence-corrected chi connectivity index (χ3v) is 5.86. The Morgan fingerprint density at radius 2 is 1.96 bits per heavy atom. The van der Waals surface area contributed by atoms with E-state index in [0.717, 1.165) is 69.7 Å². The number of carbonyl (C=O) groups is 1. The van der Waals surface area contributed by atoms with Crippen molar-refractivity contribution in [1.82, 2.24) is 14.8 Å². The predicted molar refractivity (Wildman–Crippen MR) is 102 cm³/mol. The molecule has 1 aromatic heterocycles. The van der Waals surface area contributed by atoms with Gasteiger partial charge in [-0.15, -0.1) is 0 Å². The molecular weight excluding hydrogens is 330 g/mol. The highest BCUT2D eigenvalue weighted by molar-refractivity contribution is 5.73. The Kier molecular flexibility index (Phi) is 4.65. The molecule has 1 unspecified atom stereocenters. The summed E-state index contributed by atoms with van der Waals surface area (Å²) in [4.78, 5) is 25.4. The fourth-order valence-electron chi connectivity index (χ4n) is 4.16. The van der Waals surface area contributed by atoms with Gasteiger partial charge in [0.1, 0.15) is 6.61 Å². The first-order valence-corrected chi connectivity index (χ1v) is 9.67. The van der Waals surface area contributed by atoms with E-state index in [0.29, 0.717) is 12.1 Å². The standard InChI is InChI=1S/C19H29N5O2/c1-14(2)23-8-9-24-17(12-23)13-26-18-10-16(11-20-19(18)24)22-6-4-21(5-7-22)15(3)25/h10-11,14,17H,4-9,12-13H2,1-3H3. The summed E-state index contributed by atoms with van der Waals surface area (Å²) in [5.41, 5.74) is 1.09. The number of ether oxygens (including phenoxy) is 1. The van der Waals surface area contributed by atoms with Gasteiger partial charge in [0, 0.05) is 64.8 Å². The molecule has 0 bridgehead atoms. The van der Waals surface area contributed by atoms with Crippen molar-refractivity contribution in [3.8, 4) is 5.75 Å². The van der Waals surface area contributed by atoms with Crippen LogP contribution in [0, 0.1) is 0 Å². The first kappa shape index (κ1) is 17.4. The van der Waals surface area contributed by atoms with Crippen LogP contribution in [0.4, 0.5) is 11.5 Å². The van der Waals surface area contributed by atoms with Gasteiger partial charge in [-0.25, -0.2) is 4.98 Å². The van der Waals surface area contributed by atoms with Crippen LogP contribution in [0.5, 0.6) is 5.75 Å². The van der Waals surface area contributed by atoms with Gasteiger partial charge >= 0.3 is 0 Å². The zero-order valence-corrected chi connectivity index (χ0v) is 16.0. The van der Waals surface area contributed by atoms with Crippen LogP contribution in [-0.4, -0.2) is 85.2 Å². The van der Waals surface area contributed by atoms with E-state index in [1.54, 1.807) is 6.92 Å². The first-order valence-electron chi connectivity index (χ1n) is 9.67. The number of piperazine rings is 2. The SMILES string of the molecule is CC(=O)N1CCN(c2cnc3c(c2)OCC2CN(C(C)C)CCN32)CC1. The summed E-state index contributed by atoms with van der Waals surface area (Å²) >= 11 is 0. The molecule has 0 saturated carbocycles. The first-order chi connectivity index (χ1) is 12.5. The number of rotatable bonds is 2. The molecule has 3 aliphatic rings. The lowest BCUT2D eigenvalue weighted by molar-refractivity contribution is -0.129. The molecule has 7 nitrogen and oxygen atoms in total. The molecule has 2 fully saturated rings. The number of hydrogen-bond acceptors (Lipinski definition) is 6. The minimum absolute atomic E-state index is 0.156. The van der Waals surface area contributed by atoms with E-state index >= 15 is 0 Å². The largest absolute Gasteiger partial charge is 0.487 e. The molecule has 1 aromatic rings. The molecule has 1 atom stereocenters. The van der Waals surface area contributed by atoms with Gasteiger partial charge in [0.2, 0.25) is 5.91 Å². The fourth-order valence-corrected chi connectivity index (χ4v) is 4.16. The zero-order chi connectivity index (χ0) is 18.3. The molecule has 0 spiro atoms. The summed E-state index contributed by atoms with van der Waals surface area (Å²) in [7, 11) is 0. The van der Waals surface area contributed by atoms with Crippen LogP contribution in [0.15, 0.2) is 12.3 Å². The maximum absolute atomic E-state index is 11.5. The van der Waals surface area contributed by atoms with Crippen molar-refractivity contribution in [2.75, 3.05) is 62.2 Å². The number of pyridine rings is 1. The quantitative estimate of drug-likeness (QED) is 0.787. The molecule has 0 N–H and O–H groups in total. The summed E-state index contributed by atoms with van der Waals surface area (Å²) in [5, 5.41) is 0. The van der Waals surface area contributed by atoms with Gasteiger partial charge < -0.3 is 19.4 Å². The minimum atomic E-state index is 0.156. The molecule has 7 heteroatoms. The summed E-state index contributed by atoms with van der Waals surface area (Å²) in [6.45, 7) is 13.2. The van der Waals surface area contributed by atoms with Gasteiger partial charge in [-0.05, 0) is 13.8 Å². The molecule has 0 aromatic carbocycles. The number of nitrogens with zero attached hydrogens (tertiary/aromatic N) is 5. The summed E-state index contributed by atoms with van der Waals surface area (Å²) in [6.07, 6.45) is 1.96. The highest BCUT2D eigenvalue weighted by Crippen LogP contribution is 2.36. The Bertz CT molecular complexity index is 672. The van der Waals surface area contributed by atoms with Gasteiger partial charge in [0.05, 0.1) is 17.9 Å². The number of anilines is 2. The molecule has 26 heavy (non-hydrogen) atoms. The normalized spacial score (nSPS) is 23.5. The molecular formula is C19H29N5O2. The van der Waals surface area contributed by atoms with E-state index in [1.807, 2.05) is 11.1 Å². The van der Waals surface area contributed by atoms with Crippen LogP contribution < -0.4 is 14.5 Å². The molecule has 4 heterocycles. The zero-order valence-electron chi connectivity index (χ0n) is 16.0. The molecule has 0 radical (unpaired) electrons. The number of amides is 1. The van der Waals surface area contributed by atoms with E-state index in [-0.39, 0.29) is 5.91 Å². The van der Waals surface area contributed by atoms with Crippen molar-refractivity contribution in [2.45, 2.75) is 32.9 Å². The van der Waals surface area contributed by atoms with Crippen molar-refractivity contribution in [2.24, 2.45) is 0 Å². The molecule has 142 valence electrons. The van der Waals surface area contributed by atoms with Crippen LogP contribution in [0.3, 0.4) is 0 Å². The van der Waals surface area contributed by atoms with Crippen molar-refractivity contribution in [3.05, 3.63) is 12.3 Å². The number of fused-ring (bicyclic) bond motifs is 3. The molecule has 3 aliphatic heterocycles. The monoisotopic (exact) mass is 359 g/mol. The highest BCUT2D eigenvalue weighted by atomic mass is 16.5. The van der Waals surface area contributed by atoms with E-state index in [9.17, 15) is 4.79 Å². The van der Waals surface area contributed by atoms with Gasteiger partial charge in [-0.1, -0.05) is 0 Å². The maximum Gasteiger partial charge on any atom is 0.219 e. The second-order valence-electron chi connectivity index (χ2n) is 7.76. The Labute approximate surface area is 155 Å². The van der Waals surface area contributed by atoms with Crippen LogP contribution in [0.25, 0.3) is 0 Å². The van der Waals surface area contributed by atoms with E-state index in [2.05, 4.69) is 34.6 Å². The van der Waals surface area contributed by atoms with Crippen LogP contribution in [-0.2, 0) is 4.79 Å². The maximum atomic E-state index is 11.5. The summed E-state index contributed by atoms with van der Waals surface area (Å²) < 4.78 is 6.09. The highest BCUT2D eigenvalue weighted by Gasteiger charge is 2.35. The van der Waals surface area contributed by atoms with Crippen molar-refractivity contribution in [1.29, 1.82) is 0 Å². The second-order valence-corrected chi connectivity index (χ2v) is 7.76. The fraction of sp³-hybridized carbons (Fsp3) is 0.684. The van der Waals surface area contributed by atoms with Crippen molar-refractivity contribution < 1.29 is 9.53 Å². The summed E-state index contributed by atoms with van der Waals surface area (Å²) in [6, 6.07) is 3.08. The lowest BCUT2D eigenvalue weighted by Crippen LogP contribution is -2.58. The number of aromatic nitrogens is 1. The average Bonchev–Trinajstić information content (AvgIpc) is 2.67. The van der Waals surface area contributed by atoms with Gasteiger partial charge in [-0.2, -0.15) is 0 Å². The molecule has 0 aliphatic carbocycles. The third-order valence-electron chi connectivity index (χ3n) is 5.86. The smallest absolute Gasteiger partial charge is 0.219 e. The Hall–Kier alpha value is -2.02. The van der Waals surface area contributed by atoms with Gasteiger partial charge in [0.15, 0.2) is 11.6 Å². The number of hydrogen-bond donors (Lipinski definition) is 0. The Balaban J connectivity index is 1.47. The second kappa shape index (κ2) is 6.95. The van der Waals surface area contributed by atoms with Crippen LogP contribution in [0.1, 0.15) is 20.8 Å². The lowest BCUT2D eigenvalue weighted by atomic mass is 10.1. The van der Waals surface area contributed by atoms with Crippen LogP contribution >= 0.6 is 0 Å². The Morgan fingerprint density at radius 1 is 1.19 bits per heavy atom.